The zero-order valence-electron chi connectivity index (χ0n) is 12.1. The molecule has 7 heteroatoms. The Morgan fingerprint density at radius 2 is 1.85 bits per heavy atom. The van der Waals surface area contributed by atoms with Crippen LogP contribution in [0, 0.1) is 5.41 Å². The van der Waals surface area contributed by atoms with Gasteiger partial charge >= 0.3 is 12.0 Å². The summed E-state index contributed by atoms with van der Waals surface area (Å²) in [6.45, 7) is 3.23. The van der Waals surface area contributed by atoms with Crippen molar-refractivity contribution in [2.45, 2.75) is 32.6 Å². The van der Waals surface area contributed by atoms with Crippen molar-refractivity contribution in [3.8, 4) is 0 Å². The first-order chi connectivity index (χ1) is 9.43. The zero-order chi connectivity index (χ0) is 15.2. The molecule has 0 aromatic heterocycles. The van der Waals surface area contributed by atoms with Gasteiger partial charge in [-0.05, 0) is 32.4 Å². The third-order valence-electron chi connectivity index (χ3n) is 3.84. The van der Waals surface area contributed by atoms with Crippen LogP contribution in [0.5, 0.6) is 0 Å². The number of hydrogen-bond donors (Lipinski definition) is 3. The Labute approximate surface area is 118 Å². The Hall–Kier alpha value is -1.63. The fourth-order valence-corrected chi connectivity index (χ4v) is 2.62. The molecule has 0 bridgehead atoms. The number of carboxylic acids is 1. The van der Waals surface area contributed by atoms with Gasteiger partial charge in [0.25, 0.3) is 0 Å². The Morgan fingerprint density at radius 3 is 2.30 bits per heavy atom. The molecular weight excluding hydrogens is 262 g/mol. The number of hydrogen-bond acceptors (Lipinski definition) is 4. The SMILES string of the molecule is CCCC1(C(=O)O)CCN(CC(=O)NC(=O)NC)CC1. The van der Waals surface area contributed by atoms with E-state index < -0.39 is 17.4 Å². The Kier molecular flexibility index (Phi) is 5.94. The van der Waals surface area contributed by atoms with Crippen LogP contribution in [0.25, 0.3) is 0 Å². The number of likely N-dealkylation sites (tertiary alicyclic amines) is 1. The fraction of sp³-hybridized carbons (Fsp3) is 0.769. The topological polar surface area (TPSA) is 98.7 Å². The van der Waals surface area contributed by atoms with Crippen molar-refractivity contribution >= 4 is 17.9 Å². The van der Waals surface area contributed by atoms with Gasteiger partial charge in [-0.1, -0.05) is 13.3 Å². The number of carbonyl (C=O) groups is 3. The summed E-state index contributed by atoms with van der Waals surface area (Å²) in [6, 6.07) is -0.530. The summed E-state index contributed by atoms with van der Waals surface area (Å²) in [4.78, 5) is 35.9. The average molecular weight is 285 g/mol. The van der Waals surface area contributed by atoms with E-state index in [2.05, 4.69) is 10.6 Å². The number of carbonyl (C=O) groups excluding carboxylic acids is 2. The van der Waals surface area contributed by atoms with Crippen LogP contribution in [0.15, 0.2) is 0 Å². The maximum absolute atomic E-state index is 11.6. The molecule has 0 spiro atoms. The summed E-state index contributed by atoms with van der Waals surface area (Å²) in [7, 11) is 1.44. The lowest BCUT2D eigenvalue weighted by Crippen LogP contribution is -2.49. The van der Waals surface area contributed by atoms with Gasteiger partial charge in [0.15, 0.2) is 0 Å². The third-order valence-corrected chi connectivity index (χ3v) is 3.84. The van der Waals surface area contributed by atoms with Crippen molar-refractivity contribution < 1.29 is 19.5 Å². The lowest BCUT2D eigenvalue weighted by molar-refractivity contribution is -0.152. The minimum absolute atomic E-state index is 0.120. The van der Waals surface area contributed by atoms with Crippen LogP contribution in [-0.4, -0.2) is 54.6 Å². The molecule has 1 rings (SSSR count). The van der Waals surface area contributed by atoms with Crippen LogP contribution < -0.4 is 10.6 Å². The molecule has 1 aliphatic heterocycles. The molecule has 3 N–H and O–H groups in total. The van der Waals surface area contributed by atoms with E-state index in [-0.39, 0.29) is 12.5 Å². The van der Waals surface area contributed by atoms with E-state index in [0.717, 1.165) is 6.42 Å². The standard InChI is InChI=1S/C13H23N3O4/c1-3-4-13(11(18)19)5-7-16(8-6-13)9-10(17)15-12(20)14-2/h3-9H2,1-2H3,(H,18,19)(H2,14,15,17,20). The van der Waals surface area contributed by atoms with Gasteiger partial charge in [0.05, 0.1) is 12.0 Å². The van der Waals surface area contributed by atoms with E-state index in [9.17, 15) is 19.5 Å². The molecule has 0 aliphatic carbocycles. The monoisotopic (exact) mass is 285 g/mol. The molecule has 1 saturated heterocycles. The van der Waals surface area contributed by atoms with Crippen molar-refractivity contribution in [2.24, 2.45) is 5.41 Å². The van der Waals surface area contributed by atoms with Gasteiger partial charge in [-0.3, -0.25) is 19.8 Å². The van der Waals surface area contributed by atoms with Crippen LogP contribution in [0.2, 0.25) is 0 Å². The number of imide groups is 1. The first-order valence-electron chi connectivity index (χ1n) is 6.91. The Morgan fingerprint density at radius 1 is 1.25 bits per heavy atom. The molecule has 3 amide bonds. The van der Waals surface area contributed by atoms with E-state index in [1.54, 1.807) is 0 Å². The van der Waals surface area contributed by atoms with Gasteiger partial charge in [0.2, 0.25) is 5.91 Å². The lowest BCUT2D eigenvalue weighted by atomic mass is 9.75. The fourth-order valence-electron chi connectivity index (χ4n) is 2.62. The molecule has 0 aromatic carbocycles. The van der Waals surface area contributed by atoms with Crippen LogP contribution >= 0.6 is 0 Å². The smallest absolute Gasteiger partial charge is 0.321 e. The second-order valence-electron chi connectivity index (χ2n) is 5.24. The molecule has 7 nitrogen and oxygen atoms in total. The highest BCUT2D eigenvalue weighted by Gasteiger charge is 2.40. The molecule has 0 aromatic rings. The molecule has 0 unspecified atom stereocenters. The van der Waals surface area contributed by atoms with Crippen molar-refractivity contribution in [1.82, 2.24) is 15.5 Å². The molecule has 1 aliphatic rings. The zero-order valence-corrected chi connectivity index (χ0v) is 12.1. The maximum Gasteiger partial charge on any atom is 0.321 e. The van der Waals surface area contributed by atoms with Crippen LogP contribution in [0.3, 0.4) is 0 Å². The molecule has 0 saturated carbocycles. The van der Waals surface area contributed by atoms with Crippen molar-refractivity contribution in [3.63, 3.8) is 0 Å². The first kappa shape index (κ1) is 16.4. The van der Waals surface area contributed by atoms with Gasteiger partial charge in [-0.15, -0.1) is 0 Å². The Bertz CT molecular complexity index is 376. The molecule has 20 heavy (non-hydrogen) atoms. The van der Waals surface area contributed by atoms with E-state index in [1.807, 2.05) is 11.8 Å². The summed E-state index contributed by atoms with van der Waals surface area (Å²) in [6.07, 6.45) is 2.59. The molecule has 1 fully saturated rings. The minimum Gasteiger partial charge on any atom is -0.481 e. The quantitative estimate of drug-likeness (QED) is 0.679. The van der Waals surface area contributed by atoms with E-state index in [4.69, 9.17) is 0 Å². The number of amides is 3. The summed E-state index contributed by atoms with van der Waals surface area (Å²) in [5, 5.41) is 13.9. The van der Waals surface area contributed by atoms with Crippen molar-refractivity contribution in [2.75, 3.05) is 26.7 Å². The van der Waals surface area contributed by atoms with Gasteiger partial charge in [-0.25, -0.2) is 4.79 Å². The summed E-state index contributed by atoms with van der Waals surface area (Å²) < 4.78 is 0. The average Bonchev–Trinajstić information content (AvgIpc) is 2.41. The predicted molar refractivity (Wildman–Crippen MR) is 73.2 cm³/mol. The predicted octanol–water partition coefficient (Wildman–Crippen LogP) is 0.409. The van der Waals surface area contributed by atoms with E-state index in [1.165, 1.54) is 7.05 Å². The lowest BCUT2D eigenvalue weighted by Gasteiger charge is -2.38. The van der Waals surface area contributed by atoms with Gasteiger partial charge in [0, 0.05) is 7.05 Å². The van der Waals surface area contributed by atoms with Gasteiger partial charge in [-0.2, -0.15) is 0 Å². The number of nitrogens with one attached hydrogen (secondary N) is 2. The summed E-state index contributed by atoms with van der Waals surface area (Å²) in [5.41, 5.74) is -0.650. The van der Waals surface area contributed by atoms with Crippen molar-refractivity contribution in [1.29, 1.82) is 0 Å². The number of aliphatic carboxylic acids is 1. The van der Waals surface area contributed by atoms with E-state index in [0.29, 0.717) is 32.4 Å². The molecule has 1 heterocycles. The molecular formula is C13H23N3O4. The van der Waals surface area contributed by atoms with Crippen LogP contribution in [0.1, 0.15) is 32.6 Å². The number of piperidine rings is 1. The molecule has 0 radical (unpaired) electrons. The second kappa shape index (κ2) is 7.23. The first-order valence-corrected chi connectivity index (χ1v) is 6.91. The molecule has 114 valence electrons. The number of urea groups is 1. The minimum atomic E-state index is -0.742. The largest absolute Gasteiger partial charge is 0.481 e. The highest BCUT2D eigenvalue weighted by molar-refractivity contribution is 5.95. The number of rotatable bonds is 5. The van der Waals surface area contributed by atoms with Crippen molar-refractivity contribution in [3.05, 3.63) is 0 Å². The summed E-state index contributed by atoms with van der Waals surface area (Å²) in [5.74, 6) is -1.11. The maximum atomic E-state index is 11.6. The normalized spacial score (nSPS) is 18.3. The van der Waals surface area contributed by atoms with Gasteiger partial charge < -0.3 is 10.4 Å². The van der Waals surface area contributed by atoms with Crippen LogP contribution in [0.4, 0.5) is 4.79 Å². The summed E-state index contributed by atoms with van der Waals surface area (Å²) >= 11 is 0. The Balaban J connectivity index is 2.47. The third kappa shape index (κ3) is 4.19. The van der Waals surface area contributed by atoms with Crippen LogP contribution in [-0.2, 0) is 9.59 Å². The number of nitrogens with zero attached hydrogens (tertiary/aromatic N) is 1. The molecule has 0 atom stereocenters. The highest BCUT2D eigenvalue weighted by atomic mass is 16.4. The highest BCUT2D eigenvalue weighted by Crippen LogP contribution is 2.36. The van der Waals surface area contributed by atoms with Gasteiger partial charge in [0.1, 0.15) is 0 Å². The van der Waals surface area contributed by atoms with E-state index >= 15 is 0 Å². The second-order valence-corrected chi connectivity index (χ2v) is 5.24. The number of carboxylic acid groups (broad SMARTS) is 1.